The van der Waals surface area contributed by atoms with Crippen LogP contribution >= 0.6 is 0 Å². The quantitative estimate of drug-likeness (QED) is 0.407. The van der Waals surface area contributed by atoms with Crippen molar-refractivity contribution in [1.29, 1.82) is 0 Å². The first-order valence-corrected chi connectivity index (χ1v) is 8.50. The first-order chi connectivity index (χ1) is 12.1. The Morgan fingerprint density at radius 3 is 0.893 bits per heavy atom. The molecule has 0 aliphatic heterocycles. The first-order valence-electron chi connectivity index (χ1n) is 6.50. The highest BCUT2D eigenvalue weighted by atomic mass is 28.3. The maximum Gasteiger partial charge on any atom is 0.449 e. The first kappa shape index (κ1) is 24.4. The molecule has 16 heteroatoms. The van der Waals surface area contributed by atoms with Gasteiger partial charge in [-0.2, -0.15) is 39.5 Å². The van der Waals surface area contributed by atoms with Crippen LogP contribution in [0.4, 0.5) is 65.9 Å². The predicted molar refractivity (Wildman–Crippen MR) is 64.8 cm³/mol. The van der Waals surface area contributed by atoms with Crippen LogP contribution in [-0.2, 0) is 0 Å². The zero-order valence-corrected chi connectivity index (χ0v) is 13.6. The summed E-state index contributed by atoms with van der Waals surface area (Å²) in [5.41, 5.74) is -23.3. The van der Waals surface area contributed by atoms with Crippen LogP contribution in [0.1, 0.15) is 0 Å². The van der Waals surface area contributed by atoms with Crippen LogP contribution < -0.4 is 5.19 Å². The molecular weight excluding hydrogens is 457 g/mol. The Morgan fingerprint density at radius 1 is 0.429 bits per heavy atom. The zero-order valence-electron chi connectivity index (χ0n) is 12.6. The number of hydrogen-bond acceptors (Lipinski definition) is 0. The average molecular weight is 462 g/mol. The minimum absolute atomic E-state index is 0.169. The van der Waals surface area contributed by atoms with Gasteiger partial charge in [-0.25, -0.2) is 26.3 Å². The Kier molecular flexibility index (Phi) is 5.63. The second kappa shape index (κ2) is 6.45. The molecule has 0 unspecified atom stereocenters. The van der Waals surface area contributed by atoms with Gasteiger partial charge in [0.1, 0.15) is 0 Å². The second-order valence-corrected chi connectivity index (χ2v) is 9.29. The van der Waals surface area contributed by atoms with Crippen molar-refractivity contribution in [3.05, 3.63) is 30.3 Å². The van der Waals surface area contributed by atoms with E-state index in [0.717, 1.165) is 0 Å². The molecule has 0 N–H and O–H groups in total. The van der Waals surface area contributed by atoms with Crippen molar-refractivity contribution >= 4 is 13.3 Å². The maximum atomic E-state index is 14.0. The summed E-state index contributed by atoms with van der Waals surface area (Å²) in [5.74, 6) is 0. The fourth-order valence-electron chi connectivity index (χ4n) is 2.46. The molecule has 0 radical (unpaired) electrons. The van der Waals surface area contributed by atoms with Gasteiger partial charge in [-0.3, -0.25) is 0 Å². The van der Waals surface area contributed by atoms with Gasteiger partial charge in [0.05, 0.1) is 0 Å². The zero-order chi connectivity index (χ0) is 22.6. The molecule has 162 valence electrons. The minimum Gasteiger partial charge on any atom is -0.201 e. The predicted octanol–water partition coefficient (Wildman–Crippen LogP) is 5.55. The highest BCUT2D eigenvalue weighted by Gasteiger charge is 2.98. The summed E-state index contributed by atoms with van der Waals surface area (Å²) < 4.78 is 198. The van der Waals surface area contributed by atoms with Crippen molar-refractivity contribution in [2.75, 3.05) is 0 Å². The Bertz CT molecular complexity index is 617. The van der Waals surface area contributed by atoms with E-state index in [1.807, 2.05) is 0 Å². The van der Waals surface area contributed by atoms with Crippen LogP contribution in [0.3, 0.4) is 0 Å². The molecule has 0 aromatic heterocycles. The monoisotopic (exact) mass is 462 g/mol. The fourth-order valence-corrected chi connectivity index (χ4v) is 6.70. The molecule has 0 heterocycles. The van der Waals surface area contributed by atoms with Gasteiger partial charge in [0, 0.05) is 0 Å². The highest BCUT2D eigenvalue weighted by Crippen LogP contribution is 2.61. The standard InChI is InChI=1S/C12H5F15Si/c13-7(14,15)10(22,23)28(6-4-2-1-3-5-6,11(24,25)8(16,17)18)12(26,27)9(19,20)21/h1-5H. The van der Waals surface area contributed by atoms with Gasteiger partial charge in [0.25, 0.3) is 0 Å². The lowest BCUT2D eigenvalue weighted by Gasteiger charge is -2.47. The van der Waals surface area contributed by atoms with Crippen LogP contribution in [0.5, 0.6) is 0 Å². The largest absolute Gasteiger partial charge is 0.449 e. The molecule has 1 aromatic rings. The molecule has 1 aromatic carbocycles. The molecule has 0 saturated heterocycles. The van der Waals surface area contributed by atoms with E-state index in [4.69, 9.17) is 0 Å². The SMILES string of the molecule is FC(F)(F)C(F)(F)[Si](c1ccccc1)(C(F)(F)C(F)(F)F)C(F)(F)C(F)(F)F. The third-order valence-corrected chi connectivity index (χ3v) is 8.56. The lowest BCUT2D eigenvalue weighted by atomic mass is 10.4. The molecule has 0 bridgehead atoms. The molecule has 0 spiro atoms. The van der Waals surface area contributed by atoms with E-state index in [1.165, 1.54) is 0 Å². The van der Waals surface area contributed by atoms with Crippen molar-refractivity contribution in [2.45, 2.75) is 35.2 Å². The second-order valence-electron chi connectivity index (χ2n) is 5.33. The molecule has 0 aliphatic rings. The minimum atomic E-state index is -9.64. The van der Waals surface area contributed by atoms with Crippen LogP contribution in [0, 0.1) is 0 Å². The summed E-state index contributed by atoms with van der Waals surface area (Å²) >= 11 is 0. The third kappa shape index (κ3) is 3.03. The lowest BCUT2D eigenvalue weighted by Crippen LogP contribution is -2.89. The Hall–Kier alpha value is -1.61. The topological polar surface area (TPSA) is 0 Å². The molecule has 0 atom stereocenters. The Labute approximate surface area is 145 Å². The van der Waals surface area contributed by atoms with Gasteiger partial charge < -0.3 is 0 Å². The summed E-state index contributed by atoms with van der Waals surface area (Å²) in [7, 11) is -9.64. The van der Waals surface area contributed by atoms with Gasteiger partial charge in [-0.05, 0) is 5.19 Å². The molecule has 1 rings (SSSR count). The van der Waals surface area contributed by atoms with E-state index in [9.17, 15) is 65.9 Å². The number of hydrogen-bond donors (Lipinski definition) is 0. The fraction of sp³-hybridized carbons (Fsp3) is 0.500. The van der Waals surface area contributed by atoms with E-state index in [1.54, 1.807) is 0 Å². The molecular formula is C12H5F15Si. The van der Waals surface area contributed by atoms with Gasteiger partial charge in [0.15, 0.2) is 0 Å². The van der Waals surface area contributed by atoms with Gasteiger partial charge in [-0.1, -0.05) is 30.3 Å². The maximum absolute atomic E-state index is 14.0. The summed E-state index contributed by atoms with van der Waals surface area (Å²) in [6.07, 6.45) is -22.8. The Morgan fingerprint density at radius 2 is 0.679 bits per heavy atom. The summed E-state index contributed by atoms with van der Waals surface area (Å²) in [4.78, 5) is 0. The summed E-state index contributed by atoms with van der Waals surface area (Å²) in [5, 5.41) is -2.79. The number of halogens is 15. The lowest BCUT2D eigenvalue weighted by molar-refractivity contribution is -0.302. The summed E-state index contributed by atoms with van der Waals surface area (Å²) in [6.45, 7) is 0. The average Bonchev–Trinajstić information content (AvgIpc) is 2.44. The van der Waals surface area contributed by atoms with Crippen molar-refractivity contribution in [3.63, 3.8) is 0 Å². The van der Waals surface area contributed by atoms with E-state index in [0.29, 0.717) is 6.07 Å². The number of alkyl halides is 15. The molecule has 0 aliphatic carbocycles. The number of benzene rings is 1. The van der Waals surface area contributed by atoms with Crippen LogP contribution in [0.25, 0.3) is 0 Å². The highest BCUT2D eigenvalue weighted by molar-refractivity contribution is 6.98. The molecule has 0 amide bonds. The van der Waals surface area contributed by atoms with Gasteiger partial charge in [0.2, 0.25) is 0 Å². The molecule has 0 saturated carbocycles. The van der Waals surface area contributed by atoms with Gasteiger partial charge >= 0.3 is 43.2 Å². The van der Waals surface area contributed by atoms with Crippen LogP contribution in [0.2, 0.25) is 0 Å². The van der Waals surface area contributed by atoms with Crippen LogP contribution in [-0.4, -0.2) is 43.2 Å². The van der Waals surface area contributed by atoms with Gasteiger partial charge in [-0.15, -0.1) is 0 Å². The smallest absolute Gasteiger partial charge is 0.201 e. The molecule has 0 fully saturated rings. The van der Waals surface area contributed by atoms with Crippen molar-refractivity contribution in [2.24, 2.45) is 0 Å². The third-order valence-electron chi connectivity index (χ3n) is 3.69. The van der Waals surface area contributed by atoms with Crippen molar-refractivity contribution in [1.82, 2.24) is 0 Å². The number of rotatable bonds is 4. The summed E-state index contributed by atoms with van der Waals surface area (Å²) in [6, 6.07) is -0.0207. The van der Waals surface area contributed by atoms with E-state index >= 15 is 0 Å². The molecule has 28 heavy (non-hydrogen) atoms. The van der Waals surface area contributed by atoms with E-state index < -0.39 is 60.6 Å². The van der Waals surface area contributed by atoms with E-state index in [-0.39, 0.29) is 12.1 Å². The van der Waals surface area contributed by atoms with E-state index in [2.05, 4.69) is 0 Å². The van der Waals surface area contributed by atoms with Crippen LogP contribution in [0.15, 0.2) is 30.3 Å². The normalized spacial score (nSPS) is 15.7. The Balaban J connectivity index is 4.38. The van der Waals surface area contributed by atoms with Crippen molar-refractivity contribution < 1.29 is 65.9 Å². The van der Waals surface area contributed by atoms with Crippen molar-refractivity contribution in [3.8, 4) is 0 Å². The molecule has 0 nitrogen and oxygen atoms in total.